The van der Waals surface area contributed by atoms with E-state index in [2.05, 4.69) is 13.8 Å². The Morgan fingerprint density at radius 1 is 1.44 bits per heavy atom. The first-order valence-electron chi connectivity index (χ1n) is 3.59. The first-order valence-corrected chi connectivity index (χ1v) is 4.97. The molecule has 3 atom stereocenters. The summed E-state index contributed by atoms with van der Waals surface area (Å²) in [5.74, 6) is 1.62. The highest BCUT2D eigenvalue weighted by atomic mass is 32.2. The first kappa shape index (κ1) is 7.26. The Morgan fingerprint density at radius 2 is 2.11 bits per heavy atom. The molecular weight excluding hydrogens is 132 g/mol. The van der Waals surface area contributed by atoms with Gasteiger partial charge in [-0.2, -0.15) is 0 Å². The lowest BCUT2D eigenvalue weighted by Gasteiger charge is -2.24. The van der Waals surface area contributed by atoms with Gasteiger partial charge in [-0.05, 0) is 18.8 Å². The minimum atomic E-state index is -0.515. The molecule has 0 aromatic heterocycles. The summed E-state index contributed by atoms with van der Waals surface area (Å²) >= 11 is 0. The van der Waals surface area contributed by atoms with Crippen LogP contribution in [0.5, 0.6) is 0 Å². The van der Waals surface area contributed by atoms with Crippen molar-refractivity contribution in [2.45, 2.75) is 31.9 Å². The summed E-state index contributed by atoms with van der Waals surface area (Å²) in [6.45, 7) is 4.29. The molecule has 1 rings (SSSR count). The Kier molecular flexibility index (Phi) is 2.28. The van der Waals surface area contributed by atoms with Gasteiger partial charge in [-0.15, -0.1) is 0 Å². The maximum atomic E-state index is 11.1. The predicted octanol–water partition coefficient (Wildman–Crippen LogP) is 1.55. The fraction of sp³-hybridized carbons (Fsp3) is 1.00. The van der Waals surface area contributed by atoms with Crippen molar-refractivity contribution in [2.24, 2.45) is 5.92 Å². The van der Waals surface area contributed by atoms with Gasteiger partial charge in [-0.1, -0.05) is 13.8 Å². The molecule has 0 aromatic rings. The highest BCUT2D eigenvalue weighted by molar-refractivity contribution is 7.85. The Morgan fingerprint density at radius 3 is 2.56 bits per heavy atom. The maximum absolute atomic E-state index is 11.1. The maximum Gasteiger partial charge on any atom is 0.0345 e. The smallest absolute Gasteiger partial charge is 0.0345 e. The van der Waals surface area contributed by atoms with Crippen molar-refractivity contribution in [3.63, 3.8) is 0 Å². The minimum absolute atomic E-state index is 0.443. The SMILES string of the molecule is C[C@H]1CCCS(=O)[C@H]1C. The quantitative estimate of drug-likeness (QED) is 0.507. The average Bonchev–Trinajstić information content (AvgIpc) is 1.83. The van der Waals surface area contributed by atoms with E-state index in [9.17, 15) is 4.21 Å². The van der Waals surface area contributed by atoms with E-state index < -0.39 is 10.8 Å². The number of rotatable bonds is 0. The largest absolute Gasteiger partial charge is 0.259 e. The molecule has 54 valence electrons. The van der Waals surface area contributed by atoms with Gasteiger partial charge >= 0.3 is 0 Å². The van der Waals surface area contributed by atoms with Crippen LogP contribution in [-0.2, 0) is 10.8 Å². The molecule has 0 bridgehead atoms. The second-order valence-corrected chi connectivity index (χ2v) is 4.82. The fourth-order valence-corrected chi connectivity index (χ4v) is 2.70. The topological polar surface area (TPSA) is 17.1 Å². The molecule has 0 aromatic carbocycles. The predicted molar refractivity (Wildman–Crippen MR) is 40.9 cm³/mol. The normalized spacial score (nSPS) is 44.9. The average molecular weight is 146 g/mol. The van der Waals surface area contributed by atoms with Crippen molar-refractivity contribution in [1.29, 1.82) is 0 Å². The molecule has 0 N–H and O–H groups in total. The van der Waals surface area contributed by atoms with Crippen LogP contribution >= 0.6 is 0 Å². The van der Waals surface area contributed by atoms with Crippen molar-refractivity contribution in [2.75, 3.05) is 5.75 Å². The van der Waals surface area contributed by atoms with E-state index in [1.54, 1.807) is 0 Å². The zero-order valence-electron chi connectivity index (χ0n) is 6.09. The van der Waals surface area contributed by atoms with Crippen LogP contribution in [0.4, 0.5) is 0 Å². The minimum Gasteiger partial charge on any atom is -0.259 e. The highest BCUT2D eigenvalue weighted by Gasteiger charge is 2.22. The third-order valence-electron chi connectivity index (χ3n) is 2.22. The Balaban J connectivity index is 2.51. The molecule has 1 heterocycles. The van der Waals surface area contributed by atoms with E-state index in [1.807, 2.05) is 0 Å². The molecule has 1 aliphatic rings. The molecule has 0 spiro atoms. The second kappa shape index (κ2) is 2.82. The lowest BCUT2D eigenvalue weighted by Crippen LogP contribution is -2.27. The summed E-state index contributed by atoms with van der Waals surface area (Å²) in [6.07, 6.45) is 2.44. The molecule has 1 saturated heterocycles. The van der Waals surface area contributed by atoms with Crippen molar-refractivity contribution in [3.05, 3.63) is 0 Å². The van der Waals surface area contributed by atoms with E-state index >= 15 is 0 Å². The Bertz CT molecular complexity index is 122. The van der Waals surface area contributed by atoms with E-state index in [4.69, 9.17) is 0 Å². The molecule has 0 amide bonds. The Hall–Kier alpha value is 0.150. The van der Waals surface area contributed by atoms with Crippen LogP contribution in [0.2, 0.25) is 0 Å². The molecule has 0 radical (unpaired) electrons. The molecule has 2 heteroatoms. The van der Waals surface area contributed by atoms with E-state index in [0.29, 0.717) is 11.2 Å². The summed E-state index contributed by atoms with van der Waals surface area (Å²) in [4.78, 5) is 0. The third-order valence-corrected chi connectivity index (χ3v) is 4.21. The summed E-state index contributed by atoms with van der Waals surface area (Å²) in [6, 6.07) is 0. The molecule has 1 fully saturated rings. The van der Waals surface area contributed by atoms with E-state index in [1.165, 1.54) is 6.42 Å². The van der Waals surface area contributed by atoms with Crippen LogP contribution in [0.15, 0.2) is 0 Å². The van der Waals surface area contributed by atoms with Crippen LogP contribution in [0.3, 0.4) is 0 Å². The Labute approximate surface area is 59.3 Å². The van der Waals surface area contributed by atoms with Crippen LogP contribution in [-0.4, -0.2) is 15.2 Å². The van der Waals surface area contributed by atoms with Crippen molar-refractivity contribution >= 4 is 10.8 Å². The molecule has 0 saturated carbocycles. The van der Waals surface area contributed by atoms with Gasteiger partial charge in [0.2, 0.25) is 0 Å². The molecular formula is C7H14OS. The third kappa shape index (κ3) is 1.54. The zero-order chi connectivity index (χ0) is 6.85. The van der Waals surface area contributed by atoms with Gasteiger partial charge in [0.25, 0.3) is 0 Å². The summed E-state index contributed by atoms with van der Waals surface area (Å²) in [7, 11) is -0.515. The summed E-state index contributed by atoms with van der Waals surface area (Å²) in [5, 5.41) is 0.443. The van der Waals surface area contributed by atoms with Crippen LogP contribution < -0.4 is 0 Å². The van der Waals surface area contributed by atoms with Crippen LogP contribution in [0.25, 0.3) is 0 Å². The van der Waals surface area contributed by atoms with Gasteiger partial charge in [0.15, 0.2) is 0 Å². The first-order chi connectivity index (χ1) is 4.22. The van der Waals surface area contributed by atoms with Crippen molar-refractivity contribution in [1.82, 2.24) is 0 Å². The van der Waals surface area contributed by atoms with Gasteiger partial charge in [0, 0.05) is 21.8 Å². The highest BCUT2D eigenvalue weighted by Crippen LogP contribution is 2.21. The molecule has 1 unspecified atom stereocenters. The standard InChI is InChI=1S/C7H14OS/c1-6-4-3-5-9(8)7(6)2/h6-7H,3-5H2,1-2H3/t6-,7-,9?/m0/s1. The molecule has 9 heavy (non-hydrogen) atoms. The van der Waals surface area contributed by atoms with E-state index in [-0.39, 0.29) is 0 Å². The number of hydrogen-bond donors (Lipinski definition) is 0. The molecule has 0 aliphatic carbocycles. The van der Waals surface area contributed by atoms with Crippen molar-refractivity contribution in [3.8, 4) is 0 Å². The zero-order valence-corrected chi connectivity index (χ0v) is 6.91. The lowest BCUT2D eigenvalue weighted by molar-refractivity contribution is 0.489. The van der Waals surface area contributed by atoms with Crippen LogP contribution in [0, 0.1) is 5.92 Å². The summed E-state index contributed by atoms with van der Waals surface area (Å²) < 4.78 is 11.1. The van der Waals surface area contributed by atoms with E-state index in [0.717, 1.165) is 12.2 Å². The lowest BCUT2D eigenvalue weighted by atomic mass is 10.0. The van der Waals surface area contributed by atoms with Gasteiger partial charge in [-0.3, -0.25) is 4.21 Å². The molecule has 1 nitrogen and oxygen atoms in total. The van der Waals surface area contributed by atoms with Gasteiger partial charge in [0.1, 0.15) is 0 Å². The monoisotopic (exact) mass is 146 g/mol. The second-order valence-electron chi connectivity index (χ2n) is 2.91. The van der Waals surface area contributed by atoms with Crippen molar-refractivity contribution < 1.29 is 4.21 Å². The van der Waals surface area contributed by atoms with Gasteiger partial charge in [-0.25, -0.2) is 0 Å². The van der Waals surface area contributed by atoms with Crippen LogP contribution in [0.1, 0.15) is 26.7 Å². The number of hydrogen-bond acceptors (Lipinski definition) is 1. The van der Waals surface area contributed by atoms with Gasteiger partial charge < -0.3 is 0 Å². The summed E-state index contributed by atoms with van der Waals surface area (Å²) in [5.41, 5.74) is 0. The fourth-order valence-electron chi connectivity index (χ4n) is 1.23. The molecule has 1 aliphatic heterocycles. The van der Waals surface area contributed by atoms with Gasteiger partial charge in [0.05, 0.1) is 0 Å².